The first kappa shape index (κ1) is 20.6. The van der Waals surface area contributed by atoms with Crippen LogP contribution in [-0.4, -0.2) is 43.1 Å². The van der Waals surface area contributed by atoms with Crippen LogP contribution in [0.2, 0.25) is 5.02 Å². The Hall–Kier alpha value is -2.71. The van der Waals surface area contributed by atoms with E-state index in [1.807, 2.05) is 12.1 Å². The van der Waals surface area contributed by atoms with Crippen molar-refractivity contribution < 1.29 is 13.2 Å². The highest BCUT2D eigenvalue weighted by Crippen LogP contribution is 2.27. The first-order chi connectivity index (χ1) is 14.4. The van der Waals surface area contributed by atoms with Crippen molar-refractivity contribution in [2.45, 2.75) is 24.4 Å². The number of fused-ring (bicyclic) bond motifs is 1. The van der Waals surface area contributed by atoms with E-state index in [9.17, 15) is 13.2 Å². The van der Waals surface area contributed by atoms with Gasteiger partial charge in [-0.2, -0.15) is 0 Å². The van der Waals surface area contributed by atoms with Gasteiger partial charge in [-0.25, -0.2) is 18.4 Å². The van der Waals surface area contributed by atoms with E-state index in [1.165, 1.54) is 0 Å². The highest BCUT2D eigenvalue weighted by molar-refractivity contribution is 7.92. The summed E-state index contributed by atoms with van der Waals surface area (Å²) in [4.78, 5) is 23.1. The maximum absolute atomic E-state index is 12.9. The third-order valence-corrected chi connectivity index (χ3v) is 6.58. The topological polar surface area (TPSA) is 92.3 Å². The summed E-state index contributed by atoms with van der Waals surface area (Å²) in [6.07, 6.45) is 3.21. The number of hydrogen-bond acceptors (Lipinski definition) is 6. The number of carbonyl (C=O) groups excluding carboxylic acids is 1. The van der Waals surface area contributed by atoms with E-state index in [0.29, 0.717) is 22.0 Å². The van der Waals surface area contributed by atoms with Crippen molar-refractivity contribution in [1.29, 1.82) is 0 Å². The molecule has 0 spiro atoms. The molecule has 0 atom stereocenters. The average Bonchev–Trinajstić information content (AvgIpc) is 2.75. The van der Waals surface area contributed by atoms with E-state index < -0.39 is 21.5 Å². The lowest BCUT2D eigenvalue weighted by atomic mass is 10.1. The van der Waals surface area contributed by atoms with E-state index in [4.69, 9.17) is 11.6 Å². The van der Waals surface area contributed by atoms with Crippen LogP contribution in [0.5, 0.6) is 0 Å². The molecule has 0 aliphatic carbocycles. The molecule has 2 heterocycles. The summed E-state index contributed by atoms with van der Waals surface area (Å²) in [5, 5.41) is 3.57. The lowest BCUT2D eigenvalue weighted by Crippen LogP contribution is -2.31. The van der Waals surface area contributed by atoms with Crippen LogP contribution >= 0.6 is 11.6 Å². The van der Waals surface area contributed by atoms with Crippen molar-refractivity contribution in [1.82, 2.24) is 9.97 Å². The predicted molar refractivity (Wildman–Crippen MR) is 118 cm³/mol. The zero-order valence-electron chi connectivity index (χ0n) is 16.2. The first-order valence-corrected chi connectivity index (χ1v) is 11.8. The summed E-state index contributed by atoms with van der Waals surface area (Å²) in [6, 6.07) is 13.8. The monoisotopic (exact) mass is 444 g/mol. The molecule has 30 heavy (non-hydrogen) atoms. The number of benzene rings is 2. The molecule has 4 rings (SSSR count). The predicted octanol–water partition coefficient (Wildman–Crippen LogP) is 3.69. The fraction of sp³-hybridized carbons (Fsp3) is 0.286. The fourth-order valence-corrected chi connectivity index (χ4v) is 4.63. The van der Waals surface area contributed by atoms with Crippen molar-refractivity contribution in [3.8, 4) is 0 Å². The molecule has 1 fully saturated rings. The van der Waals surface area contributed by atoms with Crippen molar-refractivity contribution in [2.24, 2.45) is 0 Å². The minimum atomic E-state index is -4.03. The van der Waals surface area contributed by atoms with Gasteiger partial charge in [0.25, 0.3) is 0 Å². The Bertz CT molecular complexity index is 1180. The molecule has 0 unspecified atom stereocenters. The third-order valence-electron chi connectivity index (χ3n) is 4.95. The van der Waals surface area contributed by atoms with Crippen LogP contribution < -0.4 is 10.2 Å². The van der Waals surface area contributed by atoms with Gasteiger partial charge < -0.3 is 10.2 Å². The number of rotatable bonds is 5. The molecule has 1 saturated heterocycles. The second-order valence-corrected chi connectivity index (χ2v) is 9.53. The molecule has 0 saturated carbocycles. The Morgan fingerprint density at radius 3 is 2.43 bits per heavy atom. The molecule has 1 N–H and O–H groups in total. The number of carbonyl (C=O) groups is 1. The molecule has 2 aromatic carbocycles. The fourth-order valence-electron chi connectivity index (χ4n) is 3.49. The number of para-hydroxylation sites is 1. The number of piperidine rings is 1. The molecule has 1 amide bonds. The lowest BCUT2D eigenvalue weighted by Gasteiger charge is -2.28. The van der Waals surface area contributed by atoms with Crippen LogP contribution in [-0.2, 0) is 14.6 Å². The van der Waals surface area contributed by atoms with Gasteiger partial charge in [0, 0.05) is 29.2 Å². The Morgan fingerprint density at radius 2 is 1.70 bits per heavy atom. The molecular weight excluding hydrogens is 424 g/mol. The Labute approximate surface area is 180 Å². The summed E-state index contributed by atoms with van der Waals surface area (Å²) >= 11 is 5.83. The van der Waals surface area contributed by atoms with E-state index in [2.05, 4.69) is 20.2 Å². The summed E-state index contributed by atoms with van der Waals surface area (Å²) in [7, 11) is -4.03. The molecule has 9 heteroatoms. The van der Waals surface area contributed by atoms with Gasteiger partial charge in [-0.15, -0.1) is 0 Å². The van der Waals surface area contributed by atoms with Gasteiger partial charge in [0.2, 0.25) is 20.9 Å². The van der Waals surface area contributed by atoms with E-state index >= 15 is 0 Å². The van der Waals surface area contributed by atoms with Crippen molar-refractivity contribution in [3.63, 3.8) is 0 Å². The molecule has 0 bridgehead atoms. The average molecular weight is 445 g/mol. The molecule has 7 nitrogen and oxygen atoms in total. The standard InChI is InChI=1S/C21H21ClN4O3S/c22-15-8-10-16(11-9-15)23-19(27)14-30(28,29)21-24-18-7-3-2-6-17(18)20(25-21)26-12-4-1-5-13-26/h2-3,6-11H,1,4-5,12-14H2,(H,23,27). The van der Waals surface area contributed by atoms with Crippen LogP contribution in [0.3, 0.4) is 0 Å². The molecule has 1 aliphatic heterocycles. The molecule has 3 aromatic rings. The molecule has 1 aliphatic rings. The van der Waals surface area contributed by atoms with E-state index in [0.717, 1.165) is 37.7 Å². The Kier molecular flexibility index (Phi) is 5.87. The number of hydrogen-bond donors (Lipinski definition) is 1. The van der Waals surface area contributed by atoms with E-state index in [1.54, 1.807) is 36.4 Å². The number of halogens is 1. The third kappa shape index (κ3) is 4.55. The highest BCUT2D eigenvalue weighted by Gasteiger charge is 2.26. The smallest absolute Gasteiger partial charge is 0.250 e. The van der Waals surface area contributed by atoms with Gasteiger partial charge in [-0.3, -0.25) is 4.79 Å². The lowest BCUT2D eigenvalue weighted by molar-refractivity contribution is -0.113. The Morgan fingerprint density at radius 1 is 1.00 bits per heavy atom. The first-order valence-electron chi connectivity index (χ1n) is 9.72. The molecule has 1 aromatic heterocycles. The SMILES string of the molecule is O=C(CS(=O)(=O)c1nc(N2CCCCC2)c2ccccc2n1)Nc1ccc(Cl)cc1. The number of nitrogens with one attached hydrogen (secondary N) is 1. The van der Waals surface area contributed by atoms with Crippen LogP contribution in [0.4, 0.5) is 11.5 Å². The quantitative estimate of drug-likeness (QED) is 0.603. The molecule has 156 valence electrons. The van der Waals surface area contributed by atoms with Gasteiger partial charge in [0.1, 0.15) is 11.6 Å². The summed E-state index contributed by atoms with van der Waals surface area (Å²) in [5.41, 5.74) is 1.01. The normalized spacial score (nSPS) is 14.6. The summed E-state index contributed by atoms with van der Waals surface area (Å²) in [6.45, 7) is 1.63. The number of sulfone groups is 1. The Balaban J connectivity index is 1.63. The second kappa shape index (κ2) is 8.57. The number of aromatic nitrogens is 2. The van der Waals surface area contributed by atoms with Crippen LogP contribution in [0.15, 0.2) is 53.7 Å². The van der Waals surface area contributed by atoms with Gasteiger partial charge >= 0.3 is 0 Å². The van der Waals surface area contributed by atoms with Crippen molar-refractivity contribution in [2.75, 3.05) is 29.1 Å². The number of amides is 1. The number of anilines is 2. The second-order valence-electron chi connectivity index (χ2n) is 7.21. The van der Waals surface area contributed by atoms with E-state index in [-0.39, 0.29) is 5.16 Å². The zero-order valence-corrected chi connectivity index (χ0v) is 17.8. The minimum absolute atomic E-state index is 0.326. The van der Waals surface area contributed by atoms with Gasteiger partial charge in [-0.05, 0) is 55.7 Å². The van der Waals surface area contributed by atoms with Crippen LogP contribution in [0, 0.1) is 0 Å². The van der Waals surface area contributed by atoms with Crippen LogP contribution in [0.1, 0.15) is 19.3 Å². The summed E-state index contributed by atoms with van der Waals surface area (Å²) < 4.78 is 25.9. The van der Waals surface area contributed by atoms with Gasteiger partial charge in [-0.1, -0.05) is 23.7 Å². The highest BCUT2D eigenvalue weighted by atomic mass is 35.5. The maximum atomic E-state index is 12.9. The van der Waals surface area contributed by atoms with Gasteiger partial charge in [0.05, 0.1) is 5.52 Å². The maximum Gasteiger partial charge on any atom is 0.250 e. The zero-order chi connectivity index (χ0) is 21.1. The molecular formula is C21H21ClN4O3S. The summed E-state index contributed by atoms with van der Waals surface area (Å²) in [5.74, 6) is -0.793. The largest absolute Gasteiger partial charge is 0.356 e. The molecule has 0 radical (unpaired) electrons. The minimum Gasteiger partial charge on any atom is -0.356 e. The van der Waals surface area contributed by atoms with Crippen molar-refractivity contribution in [3.05, 3.63) is 53.6 Å². The van der Waals surface area contributed by atoms with Crippen molar-refractivity contribution >= 4 is 49.8 Å². The van der Waals surface area contributed by atoms with Gasteiger partial charge in [0.15, 0.2) is 0 Å². The van der Waals surface area contributed by atoms with Crippen LogP contribution in [0.25, 0.3) is 10.9 Å². The number of nitrogens with zero attached hydrogens (tertiary/aromatic N) is 3.